The molecular weight excluding hydrogens is 358 g/mol. The van der Waals surface area contributed by atoms with E-state index in [1.165, 1.54) is 50.5 Å². The van der Waals surface area contributed by atoms with Crippen molar-refractivity contribution in [2.24, 2.45) is 46.8 Å². The number of rotatable bonds is 6. The van der Waals surface area contributed by atoms with Crippen LogP contribution in [-0.4, -0.2) is 17.9 Å². The summed E-state index contributed by atoms with van der Waals surface area (Å²) >= 11 is 0. The van der Waals surface area contributed by atoms with Gasteiger partial charge in [-0.2, -0.15) is 0 Å². The minimum absolute atomic E-state index is 0.103. The van der Waals surface area contributed by atoms with Crippen molar-refractivity contribution in [3.05, 3.63) is 11.1 Å². The Kier molecular flexibility index (Phi) is 6.51. The monoisotopic (exact) mass is 403 g/mol. The van der Waals surface area contributed by atoms with E-state index in [2.05, 4.69) is 27.7 Å². The molecule has 2 heteroatoms. The molecule has 0 saturated heterocycles. The minimum Gasteiger partial charge on any atom is -0.393 e. The van der Waals surface area contributed by atoms with Gasteiger partial charge in [0.1, 0.15) is 0 Å². The molecule has 2 fully saturated rings. The molecule has 0 amide bonds. The molecule has 166 valence electrons. The molecule has 0 radical (unpaired) electrons. The average molecular weight is 404 g/mol. The third kappa shape index (κ3) is 3.97. The maximum absolute atomic E-state index is 14.1. The van der Waals surface area contributed by atoms with Gasteiger partial charge in [-0.1, -0.05) is 58.1 Å². The maximum atomic E-state index is 14.1. The predicted octanol–water partition coefficient (Wildman–Crippen LogP) is 7.34. The van der Waals surface area contributed by atoms with Crippen LogP contribution in [0.3, 0.4) is 0 Å². The molecule has 0 aromatic heterocycles. The molecule has 0 aromatic rings. The normalized spacial score (nSPS) is 43.1. The lowest BCUT2D eigenvalue weighted by molar-refractivity contribution is -0.0137. The number of halogens is 1. The first-order chi connectivity index (χ1) is 13.8. The minimum atomic E-state index is -0.226. The summed E-state index contributed by atoms with van der Waals surface area (Å²) in [5.74, 6) is 4.83. The van der Waals surface area contributed by atoms with Crippen molar-refractivity contribution in [1.82, 2.24) is 0 Å². The molecule has 0 aliphatic heterocycles. The summed E-state index contributed by atoms with van der Waals surface area (Å²) in [5, 5.41) is 10.2. The average Bonchev–Trinajstić information content (AvgIpc) is 3.04. The van der Waals surface area contributed by atoms with E-state index in [1.807, 2.05) is 0 Å². The van der Waals surface area contributed by atoms with Gasteiger partial charge in [0.2, 0.25) is 0 Å². The Morgan fingerprint density at radius 3 is 2.59 bits per heavy atom. The third-order valence-electron chi connectivity index (χ3n) is 9.94. The Labute approximate surface area is 178 Å². The van der Waals surface area contributed by atoms with Gasteiger partial charge in [0.15, 0.2) is 0 Å². The van der Waals surface area contributed by atoms with E-state index in [4.69, 9.17) is 0 Å². The number of hydrogen-bond donors (Lipinski definition) is 1. The standard InChI is InChI=1S/C27H45FO/c1-17(2)6-5-7-18(3)25-10-11-26-24-14-19(16-28)23-15-20(29)8-9-21(23)22(24)12-13-27(25,26)4/h17-20,22,24-26,29H,5-16H2,1-4H3/t18-,19?,20+,22-,24-,25-,26+,27-/m1/s1/i28-1. The Balaban J connectivity index is 1.51. The van der Waals surface area contributed by atoms with Crippen LogP contribution < -0.4 is 0 Å². The molecule has 29 heavy (non-hydrogen) atoms. The fourth-order valence-electron chi connectivity index (χ4n) is 8.52. The van der Waals surface area contributed by atoms with E-state index < -0.39 is 0 Å². The van der Waals surface area contributed by atoms with Crippen LogP contribution in [0.5, 0.6) is 0 Å². The Bertz CT molecular complexity index is 610. The third-order valence-corrected chi connectivity index (χ3v) is 9.94. The predicted molar refractivity (Wildman–Crippen MR) is 119 cm³/mol. The molecule has 4 aliphatic carbocycles. The van der Waals surface area contributed by atoms with Crippen molar-refractivity contribution < 1.29 is 9.50 Å². The van der Waals surface area contributed by atoms with Gasteiger partial charge >= 0.3 is 0 Å². The van der Waals surface area contributed by atoms with Gasteiger partial charge < -0.3 is 5.11 Å². The number of hydrogen-bond acceptors (Lipinski definition) is 1. The molecule has 8 atom stereocenters. The Hall–Kier alpha value is -0.370. The number of aliphatic hydroxyl groups excluding tert-OH is 1. The molecule has 2 saturated carbocycles. The number of aliphatic hydroxyl groups is 1. The van der Waals surface area contributed by atoms with Gasteiger partial charge in [-0.05, 0) is 92.3 Å². The second kappa shape index (κ2) is 8.64. The second-order valence-electron chi connectivity index (χ2n) is 11.9. The first kappa shape index (κ1) is 21.8. The highest BCUT2D eigenvalue weighted by atomic mass is 18.2. The van der Waals surface area contributed by atoms with E-state index >= 15 is 0 Å². The van der Waals surface area contributed by atoms with Crippen molar-refractivity contribution in [2.45, 2.75) is 104 Å². The van der Waals surface area contributed by atoms with Gasteiger partial charge in [0.25, 0.3) is 0 Å². The molecule has 0 spiro atoms. The SMILES string of the molecule is CC(C)CCC[C@@H](C)[C@H]1CC[C@H]2[C@@H]3CC(C[18F])C4=C(CC[C@H](O)C4)[C@H]3CC[C@]12C. The Morgan fingerprint density at radius 1 is 1.07 bits per heavy atom. The summed E-state index contributed by atoms with van der Waals surface area (Å²) in [6.07, 6.45) is 13.1. The smallest absolute Gasteiger partial charge is 0.0959 e. The zero-order chi connectivity index (χ0) is 20.8. The van der Waals surface area contributed by atoms with Crippen molar-refractivity contribution in [2.75, 3.05) is 6.67 Å². The van der Waals surface area contributed by atoms with E-state index in [-0.39, 0.29) is 18.7 Å². The van der Waals surface area contributed by atoms with Crippen LogP contribution >= 0.6 is 0 Å². The number of fused-ring (bicyclic) bond motifs is 4. The van der Waals surface area contributed by atoms with Crippen LogP contribution in [0.1, 0.15) is 98.3 Å². The lowest BCUT2D eigenvalue weighted by Gasteiger charge is -2.54. The fraction of sp³-hybridized carbons (Fsp3) is 0.926. The van der Waals surface area contributed by atoms with Crippen molar-refractivity contribution in [3.8, 4) is 0 Å². The second-order valence-corrected chi connectivity index (χ2v) is 11.9. The van der Waals surface area contributed by atoms with Gasteiger partial charge in [-0.25, -0.2) is 0 Å². The zero-order valence-corrected chi connectivity index (χ0v) is 19.4. The highest BCUT2D eigenvalue weighted by Gasteiger charge is 2.56. The van der Waals surface area contributed by atoms with Crippen molar-refractivity contribution in [3.63, 3.8) is 0 Å². The molecule has 1 N–H and O–H groups in total. The lowest BCUT2D eigenvalue weighted by Crippen LogP contribution is -2.46. The first-order valence-electron chi connectivity index (χ1n) is 12.8. The van der Waals surface area contributed by atoms with Gasteiger partial charge in [-0.3, -0.25) is 4.39 Å². The van der Waals surface area contributed by atoms with Crippen LogP contribution in [0.4, 0.5) is 4.39 Å². The van der Waals surface area contributed by atoms with Crippen LogP contribution in [-0.2, 0) is 0 Å². The molecule has 4 rings (SSSR count). The highest BCUT2D eigenvalue weighted by Crippen LogP contribution is 2.65. The van der Waals surface area contributed by atoms with Gasteiger partial charge in [-0.15, -0.1) is 0 Å². The van der Waals surface area contributed by atoms with Gasteiger partial charge in [0, 0.05) is 5.92 Å². The molecular formula is C27H45FO. The quantitative estimate of drug-likeness (QED) is 0.460. The maximum Gasteiger partial charge on any atom is 0.0959 e. The topological polar surface area (TPSA) is 20.2 Å². The summed E-state index contributed by atoms with van der Waals surface area (Å²) in [5.41, 5.74) is 3.42. The largest absolute Gasteiger partial charge is 0.393 e. The van der Waals surface area contributed by atoms with Crippen LogP contribution in [0.15, 0.2) is 11.1 Å². The van der Waals surface area contributed by atoms with E-state index in [9.17, 15) is 9.50 Å². The van der Waals surface area contributed by atoms with E-state index in [0.717, 1.165) is 49.4 Å². The Morgan fingerprint density at radius 2 is 1.86 bits per heavy atom. The summed E-state index contributed by atoms with van der Waals surface area (Å²) in [4.78, 5) is 0. The molecule has 1 unspecified atom stereocenters. The molecule has 4 aliphatic rings. The zero-order valence-electron chi connectivity index (χ0n) is 19.4. The first-order valence-corrected chi connectivity index (χ1v) is 12.8. The highest BCUT2D eigenvalue weighted by molar-refractivity contribution is 5.29. The molecule has 0 bridgehead atoms. The summed E-state index contributed by atoms with van der Waals surface area (Å²) in [6, 6.07) is 0. The summed E-state index contributed by atoms with van der Waals surface area (Å²) in [7, 11) is 0. The fourth-order valence-corrected chi connectivity index (χ4v) is 8.52. The van der Waals surface area contributed by atoms with Crippen LogP contribution in [0, 0.1) is 46.8 Å². The van der Waals surface area contributed by atoms with Crippen molar-refractivity contribution in [1.29, 1.82) is 0 Å². The molecule has 0 heterocycles. The van der Waals surface area contributed by atoms with Crippen LogP contribution in [0.25, 0.3) is 0 Å². The van der Waals surface area contributed by atoms with Gasteiger partial charge in [0.05, 0.1) is 12.8 Å². The van der Waals surface area contributed by atoms with E-state index in [0.29, 0.717) is 17.3 Å². The summed E-state index contributed by atoms with van der Waals surface area (Å²) < 4.78 is 14.1. The molecule has 1 nitrogen and oxygen atoms in total. The van der Waals surface area contributed by atoms with Crippen LogP contribution in [0.2, 0.25) is 0 Å². The van der Waals surface area contributed by atoms with E-state index in [1.54, 1.807) is 5.57 Å². The van der Waals surface area contributed by atoms with Crippen molar-refractivity contribution >= 4 is 0 Å². The molecule has 0 aromatic carbocycles. The summed E-state index contributed by atoms with van der Waals surface area (Å²) in [6.45, 7) is 9.61. The number of allylic oxidation sites excluding steroid dienone is 1. The lowest BCUT2D eigenvalue weighted by atomic mass is 9.51. The number of alkyl halides is 1.